The molecule has 706 valence electrons. The second kappa shape index (κ2) is 70.0. The number of unbranched alkanes of at least 4 members (excludes halogenated alkanes) is 15. The van der Waals surface area contributed by atoms with E-state index >= 15 is 0 Å². The molecule has 5 heterocycles. The van der Waals surface area contributed by atoms with Crippen LogP contribution in [0.25, 0.3) is 85.4 Å². The number of alkyl halides is 3. The molecule has 12 nitrogen and oxygen atoms in total. The molecule has 132 heavy (non-hydrogen) atoms. The molecular weight excluding hydrogens is 2220 g/mol. The van der Waals surface area contributed by atoms with E-state index in [1.807, 2.05) is 176 Å². The summed E-state index contributed by atoms with van der Waals surface area (Å²) < 4.78 is 55.1. The Kier molecular flexibility index (Phi) is 63.3. The standard InChI is InChI=1S/2C21H24N2.2C21H23N2.C15H11FN2.C6H13.C2HF3O2.2CH4.Ag.BrH.2ClH.2Ir.Mg/c4*1-2-3-4-6-9-18-12-14-20(15-13-18)23-17-16-22-21(23)19-10-7-5-8-11-19;16-13-6-8-14(9-7-13)18-11-10-17-15(18)12-4-2-1-3-5-12;1-3-5-6-4-2;3-2(4,5)1(6)7;;;;;;;;;/h2*5,7-8,10-17H,2-4,6,9H2,1H3;2*5,7-8,10,12-17H,2-4,6,9H2,1H3;1-11H;1,3-6H2,2H3;(H,6,7);2*1H4;;3*1H;;;/q;;2*-1;;-1;;;;;;;;;+3;+2/p-3. The minimum Gasteiger partial charge on any atom is 0 e. The third-order valence-corrected chi connectivity index (χ3v) is 20.5. The van der Waals surface area contributed by atoms with Gasteiger partial charge in [-0.3, -0.25) is 23.7 Å². The van der Waals surface area contributed by atoms with E-state index in [2.05, 4.69) is 218 Å². The zero-order valence-corrected chi connectivity index (χ0v) is 85.7. The van der Waals surface area contributed by atoms with Gasteiger partial charge in [0, 0.05) is 150 Å². The average Bonchev–Trinajstić information content (AvgIpc) is 1.69. The maximum Gasteiger partial charge on any atom is 2.00 e. The number of benzene rings is 10. The van der Waals surface area contributed by atoms with Crippen LogP contribution in [0.15, 0.2) is 323 Å². The average molecular weight is 2350 g/mol. The molecule has 0 fully saturated rings. The molecule has 0 amide bonds. The summed E-state index contributed by atoms with van der Waals surface area (Å²) in [7, 11) is 9.78. The van der Waals surface area contributed by atoms with Gasteiger partial charge in [0.15, 0.2) is 0 Å². The van der Waals surface area contributed by atoms with Crippen LogP contribution in [0.4, 0.5) is 17.6 Å². The molecule has 15 aromatic rings. The number of rotatable bonds is 33. The van der Waals surface area contributed by atoms with Crippen molar-refractivity contribution in [2.75, 3.05) is 0 Å². The summed E-state index contributed by atoms with van der Waals surface area (Å²) in [5.74, 6) is 1.69. The second-order valence-corrected chi connectivity index (χ2v) is 33.5. The third kappa shape index (κ3) is 42.1. The molecule has 0 aliphatic carbocycles. The summed E-state index contributed by atoms with van der Waals surface area (Å²) in [5, 5.41) is 7.12. The van der Waals surface area contributed by atoms with E-state index in [9.17, 15) is 17.6 Å². The third-order valence-electron chi connectivity index (χ3n) is 20.5. The largest absolute Gasteiger partial charge is 2.00 e. The summed E-state index contributed by atoms with van der Waals surface area (Å²) >= 11 is -0.556. The number of halogens is 7. The van der Waals surface area contributed by atoms with E-state index in [0.717, 1.165) is 80.4 Å². The van der Waals surface area contributed by atoms with Crippen molar-refractivity contribution in [2.45, 2.75) is 210 Å². The van der Waals surface area contributed by atoms with Crippen molar-refractivity contribution in [2.24, 2.45) is 0 Å². The maximum absolute atomic E-state index is 12.9. The van der Waals surface area contributed by atoms with Gasteiger partial charge in [-0.05, 0) is 146 Å². The number of carboxylic acids is 1. The monoisotopic (exact) mass is 2350 g/mol. The van der Waals surface area contributed by atoms with Crippen LogP contribution >= 0.6 is 19.2 Å². The van der Waals surface area contributed by atoms with Crippen LogP contribution < -0.4 is 17.0 Å². The fraction of sp³-hybridized carbons (Fsp3) is 0.294. The Hall–Kier alpha value is -8.69. The SMILES string of the molecule is C.C.CCCCCCc1ccc(-n2ccnc2-c2[c-]cccc2)cc1.CCCCCCc1ccc(-n2ccnc2-c2[c-]cccc2)cc1.CCCCCCc1ccc(-n2ccnc2-c2ccccc2)cc1.CCCCCCc1ccc(-n2ccnc2-c2ccccc2)cc1.Fc1ccc(-n2ccnc2-c2ccccc2)cc1.O=C(O)C(F)(F)F.[Ag].[Br-].[CH2-]CCCCC.[Cl][Ir+][Cl].[Ir].[Mg+2]. The van der Waals surface area contributed by atoms with E-state index in [0.29, 0.717) is 0 Å². The number of imidazole rings is 5. The molecule has 0 saturated heterocycles. The number of aliphatic carboxylic acids is 1. The van der Waals surface area contributed by atoms with Crippen LogP contribution in [0, 0.1) is 24.9 Å². The Morgan fingerprint density at radius 1 is 0.364 bits per heavy atom. The van der Waals surface area contributed by atoms with Crippen LogP contribution in [0.1, 0.15) is 200 Å². The minimum absolute atomic E-state index is 0. The van der Waals surface area contributed by atoms with Gasteiger partial charge in [0.1, 0.15) is 23.3 Å². The molecule has 2 radical (unpaired) electrons. The summed E-state index contributed by atoms with van der Waals surface area (Å²) in [6, 6.07) is 94.8. The minimum atomic E-state index is -5.08. The quantitative estimate of drug-likeness (QED) is 0.0188. The second-order valence-electron chi connectivity index (χ2n) is 30.1. The molecule has 0 saturated carbocycles. The van der Waals surface area contributed by atoms with Crippen LogP contribution in [0.5, 0.6) is 0 Å². The van der Waals surface area contributed by atoms with Crippen molar-refractivity contribution in [1.82, 2.24) is 47.8 Å². The molecule has 0 bridgehead atoms. The van der Waals surface area contributed by atoms with Crippen molar-refractivity contribution in [3.63, 3.8) is 0 Å². The fourth-order valence-corrected chi connectivity index (χ4v) is 13.8. The molecule has 23 heteroatoms. The molecule has 0 unspecified atom stereocenters. The summed E-state index contributed by atoms with van der Waals surface area (Å²) in [6.07, 6.45) is 44.7. The first kappa shape index (κ1) is 119. The maximum atomic E-state index is 12.9. The molecule has 10 aromatic carbocycles. The van der Waals surface area contributed by atoms with Gasteiger partial charge in [0.05, 0.1) is 11.6 Å². The van der Waals surface area contributed by atoms with E-state index in [4.69, 9.17) is 29.1 Å². The van der Waals surface area contributed by atoms with Crippen molar-refractivity contribution < 1.29 is 103 Å². The Morgan fingerprint density at radius 3 is 0.795 bits per heavy atom. The molecule has 15 rings (SSSR count). The van der Waals surface area contributed by atoms with Gasteiger partial charge in [-0.1, -0.05) is 285 Å². The summed E-state index contributed by atoms with van der Waals surface area (Å²) in [6.45, 7) is 14.9. The Balaban J connectivity index is 0.000000530. The number of nitrogens with zero attached hydrogens (tertiary/aromatic N) is 10. The molecule has 0 spiro atoms. The first-order valence-electron chi connectivity index (χ1n) is 44.0. The van der Waals surface area contributed by atoms with Gasteiger partial charge in [-0.25, -0.2) is 24.1 Å². The Morgan fingerprint density at radius 2 is 0.583 bits per heavy atom. The normalized spacial score (nSPS) is 10.2. The summed E-state index contributed by atoms with van der Waals surface area (Å²) in [5.41, 5.74) is 16.5. The molecule has 5 aromatic heterocycles. The van der Waals surface area contributed by atoms with Crippen LogP contribution in [-0.4, -0.2) is 88.1 Å². The number of carbonyl (C=O) groups is 1. The molecule has 0 aliphatic heterocycles. The van der Waals surface area contributed by atoms with Crippen molar-refractivity contribution in [1.29, 1.82) is 0 Å². The van der Waals surface area contributed by atoms with Crippen molar-refractivity contribution in [3.8, 4) is 85.4 Å². The van der Waals surface area contributed by atoms with E-state index in [-0.39, 0.29) is 103 Å². The van der Waals surface area contributed by atoms with Crippen molar-refractivity contribution in [3.05, 3.63) is 370 Å². The summed E-state index contributed by atoms with van der Waals surface area (Å²) in [4.78, 5) is 31.3. The zero-order chi connectivity index (χ0) is 89.6. The number of carboxylic acid groups (broad SMARTS) is 1. The van der Waals surface area contributed by atoms with E-state index in [1.165, 1.54) is 193 Å². The molecule has 0 aliphatic rings. The zero-order valence-electron chi connectivity index (χ0n) is 74.9. The van der Waals surface area contributed by atoms with Crippen LogP contribution in [0.2, 0.25) is 0 Å². The van der Waals surface area contributed by atoms with Gasteiger partial charge in [-0.15, -0.1) is 71.8 Å². The number of aromatic nitrogens is 10. The fourth-order valence-electron chi connectivity index (χ4n) is 13.8. The number of hydrogen-bond donors (Lipinski definition) is 1. The predicted octanol–water partition coefficient (Wildman–Crippen LogP) is 28.2. The first-order valence-corrected chi connectivity index (χ1v) is 49.9. The van der Waals surface area contributed by atoms with Crippen molar-refractivity contribution >= 4 is 48.2 Å². The smallest absolute Gasteiger partial charge is 0 e. The van der Waals surface area contributed by atoms with E-state index in [1.54, 1.807) is 18.3 Å². The number of hydrogen-bond acceptors (Lipinski definition) is 6. The van der Waals surface area contributed by atoms with Gasteiger partial charge < -0.3 is 38.1 Å². The van der Waals surface area contributed by atoms with Crippen LogP contribution in [0.3, 0.4) is 0 Å². The molecule has 0 atom stereocenters. The van der Waals surface area contributed by atoms with Crippen LogP contribution in [-0.2, 0) is 88.6 Å². The van der Waals surface area contributed by atoms with E-state index < -0.39 is 27.8 Å². The predicted molar refractivity (Wildman–Crippen MR) is 528 cm³/mol. The number of aryl methyl sites for hydroxylation is 4. The van der Waals surface area contributed by atoms with Gasteiger partial charge in [0.2, 0.25) is 0 Å². The Bertz CT molecular complexity index is 4850. The van der Waals surface area contributed by atoms with Gasteiger partial charge >= 0.3 is 70.0 Å². The first-order chi connectivity index (χ1) is 61.6. The Labute approximate surface area is 855 Å². The molecular formula is C109H127AgBrCl2F4Ir2MgN10O2-. The van der Waals surface area contributed by atoms with Gasteiger partial charge in [-0.2, -0.15) is 19.6 Å². The molecule has 1 N–H and O–H groups in total. The topological polar surface area (TPSA) is 126 Å². The van der Waals surface area contributed by atoms with Gasteiger partial charge in [0.25, 0.3) is 0 Å².